The molecule has 2 heterocycles. The van der Waals surface area contributed by atoms with E-state index >= 15 is 0 Å². The van der Waals surface area contributed by atoms with Crippen molar-refractivity contribution in [2.45, 2.75) is 57.5 Å². The number of pyridine rings is 1. The van der Waals surface area contributed by atoms with Crippen molar-refractivity contribution < 1.29 is 9.90 Å². The third-order valence-corrected chi connectivity index (χ3v) is 8.65. The molecule has 1 amide bonds. The summed E-state index contributed by atoms with van der Waals surface area (Å²) < 4.78 is 2.31. The highest BCUT2D eigenvalue weighted by Gasteiger charge is 2.33. The van der Waals surface area contributed by atoms with Crippen molar-refractivity contribution in [3.8, 4) is 0 Å². The van der Waals surface area contributed by atoms with Gasteiger partial charge in [-0.2, -0.15) is 0 Å². The molecule has 40 heavy (non-hydrogen) atoms. The van der Waals surface area contributed by atoms with E-state index in [1.165, 1.54) is 27.4 Å². The van der Waals surface area contributed by atoms with Crippen molar-refractivity contribution >= 4 is 27.8 Å². The van der Waals surface area contributed by atoms with E-state index in [4.69, 9.17) is 4.98 Å². The van der Waals surface area contributed by atoms with Gasteiger partial charge in [0.25, 0.3) is 0 Å². The number of aliphatic hydroxyl groups excluding tert-OH is 1. The molecule has 0 unspecified atom stereocenters. The molecular formula is C35H37N3O2. The predicted molar refractivity (Wildman–Crippen MR) is 161 cm³/mol. The Morgan fingerprint density at radius 3 is 2.40 bits per heavy atom. The van der Waals surface area contributed by atoms with Gasteiger partial charge < -0.3 is 15.0 Å². The molecule has 5 aromatic rings. The van der Waals surface area contributed by atoms with E-state index in [1.54, 1.807) is 0 Å². The number of aliphatic hydroxyl groups is 1. The van der Waals surface area contributed by atoms with Crippen LogP contribution in [0.4, 0.5) is 0 Å². The molecule has 0 radical (unpaired) electrons. The fraction of sp³-hybridized carbons (Fsp3) is 0.314. The molecule has 5 heteroatoms. The minimum Gasteiger partial charge on any atom is -0.394 e. The molecule has 1 aliphatic rings. The van der Waals surface area contributed by atoms with Gasteiger partial charge in [0.15, 0.2) is 0 Å². The SMILES string of the molecule is CCc1ccnc2c1c1ccccc1n2Cc1ccc([C@@H](C(=O)N[C@@H](CO)c2ccccc2)C2CCCC2)cc1. The van der Waals surface area contributed by atoms with Crippen LogP contribution in [0.2, 0.25) is 0 Å². The minimum absolute atomic E-state index is 0.00115. The fourth-order valence-corrected chi connectivity index (χ4v) is 6.60. The van der Waals surface area contributed by atoms with Crippen molar-refractivity contribution in [1.29, 1.82) is 0 Å². The number of para-hydroxylation sites is 1. The lowest BCUT2D eigenvalue weighted by Crippen LogP contribution is -2.37. The molecular weight excluding hydrogens is 494 g/mol. The zero-order valence-corrected chi connectivity index (χ0v) is 23.1. The second-order valence-electron chi connectivity index (χ2n) is 11.0. The molecule has 2 aromatic heterocycles. The lowest BCUT2D eigenvalue weighted by molar-refractivity contribution is -0.124. The van der Waals surface area contributed by atoms with Crippen LogP contribution in [-0.2, 0) is 17.8 Å². The molecule has 2 atom stereocenters. The maximum Gasteiger partial charge on any atom is 0.228 e. The Morgan fingerprint density at radius 1 is 0.950 bits per heavy atom. The van der Waals surface area contributed by atoms with Crippen LogP contribution in [0.25, 0.3) is 21.9 Å². The summed E-state index contributed by atoms with van der Waals surface area (Å²) >= 11 is 0. The second-order valence-corrected chi connectivity index (χ2v) is 11.0. The first-order valence-electron chi connectivity index (χ1n) is 14.6. The Balaban J connectivity index is 1.29. The summed E-state index contributed by atoms with van der Waals surface area (Å²) in [6, 6.07) is 28.6. The number of fused-ring (bicyclic) bond motifs is 3. The highest BCUT2D eigenvalue weighted by atomic mass is 16.3. The topological polar surface area (TPSA) is 67.2 Å². The molecule has 3 aromatic carbocycles. The van der Waals surface area contributed by atoms with Gasteiger partial charge in [0.05, 0.1) is 24.1 Å². The summed E-state index contributed by atoms with van der Waals surface area (Å²) in [5, 5.41) is 15.7. The van der Waals surface area contributed by atoms with Gasteiger partial charge in [-0.15, -0.1) is 0 Å². The molecule has 6 rings (SSSR count). The third kappa shape index (κ3) is 5.02. The fourth-order valence-electron chi connectivity index (χ4n) is 6.60. The Morgan fingerprint density at radius 2 is 1.68 bits per heavy atom. The molecule has 0 saturated heterocycles. The lowest BCUT2D eigenvalue weighted by Gasteiger charge is -2.26. The number of nitrogens with one attached hydrogen (secondary N) is 1. The van der Waals surface area contributed by atoms with Crippen LogP contribution in [-0.4, -0.2) is 27.2 Å². The van der Waals surface area contributed by atoms with Crippen LogP contribution in [0.3, 0.4) is 0 Å². The first kappa shape index (κ1) is 26.3. The van der Waals surface area contributed by atoms with Gasteiger partial charge in [-0.25, -0.2) is 4.98 Å². The largest absolute Gasteiger partial charge is 0.394 e. The summed E-state index contributed by atoms with van der Waals surface area (Å²) in [5.74, 6) is 0.0903. The number of rotatable bonds is 9. The Kier molecular flexibility index (Phi) is 7.65. The van der Waals surface area contributed by atoms with Crippen molar-refractivity contribution in [2.24, 2.45) is 5.92 Å². The van der Waals surface area contributed by atoms with Gasteiger partial charge in [-0.1, -0.05) is 92.6 Å². The quantitative estimate of drug-likeness (QED) is 0.217. The van der Waals surface area contributed by atoms with Crippen molar-refractivity contribution in [3.05, 3.63) is 113 Å². The van der Waals surface area contributed by atoms with Crippen LogP contribution in [0.5, 0.6) is 0 Å². The van der Waals surface area contributed by atoms with E-state index in [0.717, 1.165) is 48.9 Å². The summed E-state index contributed by atoms with van der Waals surface area (Å²) in [4.78, 5) is 18.5. The number of amides is 1. The summed E-state index contributed by atoms with van der Waals surface area (Å²) in [6.45, 7) is 2.78. The van der Waals surface area contributed by atoms with Crippen LogP contribution in [0.15, 0.2) is 91.1 Å². The van der Waals surface area contributed by atoms with E-state index in [9.17, 15) is 9.90 Å². The van der Waals surface area contributed by atoms with E-state index < -0.39 is 6.04 Å². The highest BCUT2D eigenvalue weighted by molar-refractivity contribution is 6.08. The average Bonchev–Trinajstić information content (AvgIpc) is 3.64. The average molecular weight is 532 g/mol. The van der Waals surface area contributed by atoms with Crippen molar-refractivity contribution in [1.82, 2.24) is 14.9 Å². The van der Waals surface area contributed by atoms with E-state index in [0.29, 0.717) is 12.5 Å². The zero-order valence-electron chi connectivity index (χ0n) is 23.1. The number of carbonyl (C=O) groups excluding carboxylic acids is 1. The molecule has 0 bridgehead atoms. The van der Waals surface area contributed by atoms with Crippen molar-refractivity contribution in [3.63, 3.8) is 0 Å². The first-order valence-corrected chi connectivity index (χ1v) is 14.6. The molecule has 1 fully saturated rings. The van der Waals surface area contributed by atoms with E-state index in [-0.39, 0.29) is 18.4 Å². The summed E-state index contributed by atoms with van der Waals surface area (Å²) in [5.41, 5.74) is 6.67. The van der Waals surface area contributed by atoms with Crippen LogP contribution >= 0.6 is 0 Å². The molecule has 5 nitrogen and oxygen atoms in total. The van der Waals surface area contributed by atoms with Gasteiger partial charge >= 0.3 is 0 Å². The molecule has 204 valence electrons. The van der Waals surface area contributed by atoms with Crippen LogP contribution < -0.4 is 5.32 Å². The highest BCUT2D eigenvalue weighted by Crippen LogP contribution is 2.38. The van der Waals surface area contributed by atoms with E-state index in [1.807, 2.05) is 36.5 Å². The second kappa shape index (κ2) is 11.6. The number of aromatic nitrogens is 2. The monoisotopic (exact) mass is 531 g/mol. The number of hydrogen-bond donors (Lipinski definition) is 2. The molecule has 0 spiro atoms. The minimum atomic E-state index is -0.410. The normalized spacial score (nSPS) is 15.4. The van der Waals surface area contributed by atoms with Gasteiger partial charge in [0.1, 0.15) is 5.65 Å². The maximum atomic E-state index is 13.7. The van der Waals surface area contributed by atoms with E-state index in [2.05, 4.69) is 71.4 Å². The number of aryl methyl sites for hydroxylation is 1. The number of hydrogen-bond acceptors (Lipinski definition) is 3. The van der Waals surface area contributed by atoms with Gasteiger partial charge in [-0.3, -0.25) is 4.79 Å². The number of nitrogens with zero attached hydrogens (tertiary/aromatic N) is 2. The van der Waals surface area contributed by atoms with Crippen LogP contribution in [0.1, 0.15) is 66.8 Å². The van der Waals surface area contributed by atoms with Crippen LogP contribution in [0, 0.1) is 5.92 Å². The maximum absolute atomic E-state index is 13.7. The number of carbonyl (C=O) groups is 1. The summed E-state index contributed by atoms with van der Waals surface area (Å²) in [6.07, 6.45) is 7.32. The molecule has 2 N–H and O–H groups in total. The smallest absolute Gasteiger partial charge is 0.228 e. The van der Waals surface area contributed by atoms with Gasteiger partial charge in [-0.05, 0) is 59.6 Å². The lowest BCUT2D eigenvalue weighted by atomic mass is 9.83. The third-order valence-electron chi connectivity index (χ3n) is 8.65. The van der Waals surface area contributed by atoms with Gasteiger partial charge in [0, 0.05) is 23.5 Å². The van der Waals surface area contributed by atoms with Crippen molar-refractivity contribution in [2.75, 3.05) is 6.61 Å². The molecule has 1 aliphatic carbocycles. The molecule has 0 aliphatic heterocycles. The Labute approximate surface area is 235 Å². The standard InChI is InChI=1S/C35H37N3O2/c1-2-25-20-21-36-34-33(25)29-14-8-9-15-31(29)38(34)22-24-16-18-28(19-17-24)32(27-12-6-7-13-27)35(40)37-30(23-39)26-10-4-3-5-11-26/h3-5,8-11,14-21,27,30,32,39H,2,6-7,12-13,22-23H2,1H3,(H,37,40)/t30-,32-/m0/s1. The summed E-state index contributed by atoms with van der Waals surface area (Å²) in [7, 11) is 0. The predicted octanol–water partition coefficient (Wildman–Crippen LogP) is 6.92. The number of benzene rings is 3. The Hall–Kier alpha value is -3.96. The molecule has 1 saturated carbocycles. The Bertz CT molecular complexity index is 1600. The van der Waals surface area contributed by atoms with Gasteiger partial charge in [0.2, 0.25) is 5.91 Å². The first-order chi connectivity index (χ1) is 19.7. The zero-order chi connectivity index (χ0) is 27.5.